The fraction of sp³-hybridized carbons (Fsp3) is 0.179. The standard InChI is InChI=1S/C28H24N2O6/c1-17(2)24(30-26(33)21-10-6-7-11-22(21)27(30)34)28(35)36-16-23(31)18-12-14-20(15-13-18)29-25(32)19-8-4-3-5-9-19/h3-15,17,24H,16H2,1-2H3,(H,29,32). The van der Waals surface area contributed by atoms with Gasteiger partial charge in [0.05, 0.1) is 11.1 Å². The van der Waals surface area contributed by atoms with E-state index in [9.17, 15) is 24.0 Å². The number of anilines is 1. The molecule has 3 amide bonds. The number of carbonyl (C=O) groups excluding carboxylic acids is 5. The van der Waals surface area contributed by atoms with Gasteiger partial charge in [0.2, 0.25) is 0 Å². The Morgan fingerprint density at radius 3 is 1.89 bits per heavy atom. The number of ketones is 1. The molecule has 1 heterocycles. The predicted molar refractivity (Wildman–Crippen MR) is 132 cm³/mol. The zero-order chi connectivity index (χ0) is 25.8. The van der Waals surface area contributed by atoms with Crippen LogP contribution in [0.1, 0.15) is 55.3 Å². The first-order chi connectivity index (χ1) is 17.3. The number of carbonyl (C=O) groups is 5. The molecule has 0 bridgehead atoms. The lowest BCUT2D eigenvalue weighted by Crippen LogP contribution is -2.49. The quantitative estimate of drug-likeness (QED) is 0.294. The fourth-order valence-electron chi connectivity index (χ4n) is 3.97. The highest BCUT2D eigenvalue weighted by Gasteiger charge is 2.44. The topological polar surface area (TPSA) is 110 Å². The predicted octanol–water partition coefficient (Wildman–Crippen LogP) is 3.99. The molecule has 8 nitrogen and oxygen atoms in total. The highest BCUT2D eigenvalue weighted by molar-refractivity contribution is 6.22. The van der Waals surface area contributed by atoms with Gasteiger partial charge >= 0.3 is 5.97 Å². The van der Waals surface area contributed by atoms with Crippen molar-refractivity contribution in [2.75, 3.05) is 11.9 Å². The van der Waals surface area contributed by atoms with Crippen LogP contribution < -0.4 is 5.32 Å². The molecule has 36 heavy (non-hydrogen) atoms. The number of nitrogens with zero attached hydrogens (tertiary/aromatic N) is 1. The van der Waals surface area contributed by atoms with Crippen LogP contribution in [-0.4, -0.2) is 47.0 Å². The number of hydrogen-bond acceptors (Lipinski definition) is 6. The van der Waals surface area contributed by atoms with Gasteiger partial charge < -0.3 is 10.1 Å². The molecular formula is C28H24N2O6. The second kappa shape index (κ2) is 10.4. The monoisotopic (exact) mass is 484 g/mol. The third-order valence-electron chi connectivity index (χ3n) is 5.82. The third-order valence-corrected chi connectivity index (χ3v) is 5.82. The molecule has 1 aliphatic heterocycles. The summed E-state index contributed by atoms with van der Waals surface area (Å²) in [5, 5.41) is 2.74. The smallest absolute Gasteiger partial charge is 0.330 e. The molecule has 3 aromatic rings. The van der Waals surface area contributed by atoms with Gasteiger partial charge in [-0.3, -0.25) is 24.1 Å². The highest BCUT2D eigenvalue weighted by Crippen LogP contribution is 2.27. The number of hydrogen-bond donors (Lipinski definition) is 1. The van der Waals surface area contributed by atoms with Gasteiger partial charge in [0.15, 0.2) is 12.4 Å². The summed E-state index contributed by atoms with van der Waals surface area (Å²) in [5.41, 5.74) is 1.75. The van der Waals surface area contributed by atoms with Crippen LogP contribution in [0.4, 0.5) is 5.69 Å². The molecule has 182 valence electrons. The van der Waals surface area contributed by atoms with E-state index >= 15 is 0 Å². The summed E-state index contributed by atoms with van der Waals surface area (Å²) in [5.74, 6) is -3.14. The van der Waals surface area contributed by atoms with E-state index in [-0.39, 0.29) is 22.6 Å². The summed E-state index contributed by atoms with van der Waals surface area (Å²) in [7, 11) is 0. The molecule has 0 fully saturated rings. The second-order valence-electron chi connectivity index (χ2n) is 8.64. The Morgan fingerprint density at radius 2 is 1.33 bits per heavy atom. The van der Waals surface area contributed by atoms with E-state index in [2.05, 4.69) is 5.32 Å². The summed E-state index contributed by atoms with van der Waals surface area (Å²) in [6.07, 6.45) is 0. The highest BCUT2D eigenvalue weighted by atomic mass is 16.5. The number of benzene rings is 3. The van der Waals surface area contributed by atoms with Crippen molar-refractivity contribution < 1.29 is 28.7 Å². The van der Waals surface area contributed by atoms with Gasteiger partial charge in [-0.25, -0.2) is 4.79 Å². The zero-order valence-electron chi connectivity index (χ0n) is 19.8. The Labute approximate surface area is 207 Å². The minimum Gasteiger partial charge on any atom is -0.456 e. The van der Waals surface area contributed by atoms with Crippen LogP contribution in [0.25, 0.3) is 0 Å². The number of esters is 1. The minimum atomic E-state index is -1.17. The van der Waals surface area contributed by atoms with Crippen molar-refractivity contribution in [3.63, 3.8) is 0 Å². The summed E-state index contributed by atoms with van der Waals surface area (Å²) < 4.78 is 5.24. The van der Waals surface area contributed by atoms with Crippen molar-refractivity contribution >= 4 is 35.2 Å². The fourth-order valence-corrected chi connectivity index (χ4v) is 3.97. The second-order valence-corrected chi connectivity index (χ2v) is 8.64. The van der Waals surface area contributed by atoms with Gasteiger partial charge in [0.25, 0.3) is 17.7 Å². The van der Waals surface area contributed by atoms with Crippen molar-refractivity contribution in [3.8, 4) is 0 Å². The molecule has 0 aliphatic carbocycles. The maximum atomic E-state index is 12.9. The molecule has 1 N–H and O–H groups in total. The van der Waals surface area contributed by atoms with Gasteiger partial charge in [-0.1, -0.05) is 44.2 Å². The molecule has 1 atom stereocenters. The van der Waals surface area contributed by atoms with Gasteiger partial charge in [-0.15, -0.1) is 0 Å². The Morgan fingerprint density at radius 1 is 0.778 bits per heavy atom. The molecule has 0 radical (unpaired) electrons. The molecule has 0 saturated carbocycles. The molecule has 3 aromatic carbocycles. The van der Waals surface area contributed by atoms with E-state index in [1.807, 2.05) is 6.07 Å². The van der Waals surface area contributed by atoms with Gasteiger partial charge in [0, 0.05) is 16.8 Å². The van der Waals surface area contributed by atoms with Crippen LogP contribution in [0.15, 0.2) is 78.9 Å². The molecule has 8 heteroatoms. The summed E-state index contributed by atoms with van der Waals surface area (Å²) >= 11 is 0. The van der Waals surface area contributed by atoms with E-state index in [0.717, 1.165) is 4.90 Å². The lowest BCUT2D eigenvalue weighted by atomic mass is 10.0. The number of fused-ring (bicyclic) bond motifs is 1. The van der Waals surface area contributed by atoms with Crippen molar-refractivity contribution in [2.45, 2.75) is 19.9 Å². The summed E-state index contributed by atoms with van der Waals surface area (Å²) in [4.78, 5) is 64.3. The summed E-state index contributed by atoms with van der Waals surface area (Å²) in [6, 6.07) is 20.1. The van der Waals surface area contributed by atoms with Gasteiger partial charge in [-0.05, 0) is 54.4 Å². The molecular weight excluding hydrogens is 460 g/mol. The van der Waals surface area contributed by atoms with Crippen LogP contribution in [0, 0.1) is 5.92 Å². The van der Waals surface area contributed by atoms with E-state index in [0.29, 0.717) is 11.3 Å². The maximum absolute atomic E-state index is 12.9. The Bertz CT molecular complexity index is 1300. The molecule has 1 unspecified atom stereocenters. The Balaban J connectivity index is 1.38. The Kier molecular flexibility index (Phi) is 7.05. The number of imide groups is 1. The van der Waals surface area contributed by atoms with Crippen LogP contribution in [0.2, 0.25) is 0 Å². The number of amides is 3. The first-order valence-electron chi connectivity index (χ1n) is 11.4. The van der Waals surface area contributed by atoms with Gasteiger partial charge in [0.1, 0.15) is 6.04 Å². The molecule has 0 spiro atoms. The van der Waals surface area contributed by atoms with Crippen LogP contribution in [-0.2, 0) is 9.53 Å². The average Bonchev–Trinajstić information content (AvgIpc) is 3.13. The average molecular weight is 485 g/mol. The van der Waals surface area contributed by atoms with Gasteiger partial charge in [-0.2, -0.15) is 0 Å². The number of rotatable bonds is 8. The molecule has 0 saturated heterocycles. The number of ether oxygens (including phenoxy) is 1. The van der Waals surface area contributed by atoms with Crippen molar-refractivity contribution in [3.05, 3.63) is 101 Å². The van der Waals surface area contributed by atoms with E-state index in [4.69, 9.17) is 4.74 Å². The SMILES string of the molecule is CC(C)C(C(=O)OCC(=O)c1ccc(NC(=O)c2ccccc2)cc1)N1C(=O)c2ccccc2C1=O. The summed E-state index contributed by atoms with van der Waals surface area (Å²) in [6.45, 7) is 2.83. The normalized spacial score (nSPS) is 13.4. The van der Waals surface area contributed by atoms with Crippen molar-refractivity contribution in [1.82, 2.24) is 4.90 Å². The number of nitrogens with one attached hydrogen (secondary N) is 1. The lowest BCUT2D eigenvalue weighted by molar-refractivity contribution is -0.148. The largest absolute Gasteiger partial charge is 0.456 e. The maximum Gasteiger partial charge on any atom is 0.330 e. The first kappa shape index (κ1) is 24.5. The third kappa shape index (κ3) is 4.93. The lowest BCUT2D eigenvalue weighted by Gasteiger charge is -2.27. The minimum absolute atomic E-state index is 0.233. The molecule has 4 rings (SSSR count). The molecule has 0 aromatic heterocycles. The van der Waals surface area contributed by atoms with E-state index in [1.165, 1.54) is 24.3 Å². The van der Waals surface area contributed by atoms with Crippen LogP contribution in [0.3, 0.4) is 0 Å². The van der Waals surface area contributed by atoms with Crippen molar-refractivity contribution in [1.29, 1.82) is 0 Å². The Hall–Kier alpha value is -4.59. The van der Waals surface area contributed by atoms with E-state index < -0.39 is 42.1 Å². The van der Waals surface area contributed by atoms with E-state index in [1.54, 1.807) is 62.4 Å². The van der Waals surface area contributed by atoms with Crippen LogP contribution >= 0.6 is 0 Å². The van der Waals surface area contributed by atoms with Crippen LogP contribution in [0.5, 0.6) is 0 Å². The number of Topliss-reactive ketones (excluding diaryl/α,β-unsaturated/α-hetero) is 1. The molecule has 1 aliphatic rings. The first-order valence-corrected chi connectivity index (χ1v) is 11.4. The van der Waals surface area contributed by atoms with Crippen molar-refractivity contribution in [2.24, 2.45) is 5.92 Å². The zero-order valence-corrected chi connectivity index (χ0v) is 19.8.